The molecule has 0 aliphatic heterocycles. The molecule has 0 fully saturated rings. The topological polar surface area (TPSA) is 38.3 Å². The van der Waals surface area contributed by atoms with Gasteiger partial charge in [-0.1, -0.05) is 29.3 Å². The Labute approximate surface area is 119 Å². The van der Waals surface area contributed by atoms with E-state index in [-0.39, 0.29) is 5.91 Å². The number of carbonyl (C=O) groups excluding carboxylic acids is 1. The SMILES string of the molecule is COc1ccc(C(=O)NCc2cc(C)cc(C)c2)cc1. The number of rotatable bonds is 4. The number of aryl methyl sites for hydroxylation is 2. The normalized spacial score (nSPS) is 10.2. The molecule has 0 aromatic heterocycles. The summed E-state index contributed by atoms with van der Waals surface area (Å²) in [6, 6.07) is 13.4. The van der Waals surface area contributed by atoms with E-state index in [2.05, 4.69) is 37.4 Å². The number of hydrogen-bond acceptors (Lipinski definition) is 2. The van der Waals surface area contributed by atoms with Crippen LogP contribution < -0.4 is 10.1 Å². The van der Waals surface area contributed by atoms with Crippen molar-refractivity contribution in [1.29, 1.82) is 0 Å². The molecule has 0 radical (unpaired) electrons. The van der Waals surface area contributed by atoms with Crippen LogP contribution in [0.4, 0.5) is 0 Å². The van der Waals surface area contributed by atoms with Gasteiger partial charge in [0, 0.05) is 12.1 Å². The zero-order valence-electron chi connectivity index (χ0n) is 12.1. The van der Waals surface area contributed by atoms with E-state index in [0.717, 1.165) is 11.3 Å². The van der Waals surface area contributed by atoms with E-state index in [1.54, 1.807) is 31.4 Å². The lowest BCUT2D eigenvalue weighted by molar-refractivity contribution is 0.0951. The first kappa shape index (κ1) is 14.1. The fourth-order valence-corrected chi connectivity index (χ4v) is 2.20. The van der Waals surface area contributed by atoms with Crippen molar-refractivity contribution in [3.63, 3.8) is 0 Å². The molecule has 1 N–H and O–H groups in total. The van der Waals surface area contributed by atoms with Crippen molar-refractivity contribution in [2.24, 2.45) is 0 Å². The van der Waals surface area contributed by atoms with Gasteiger partial charge in [0.1, 0.15) is 5.75 Å². The third-order valence-electron chi connectivity index (χ3n) is 3.09. The highest BCUT2D eigenvalue weighted by atomic mass is 16.5. The van der Waals surface area contributed by atoms with Crippen LogP contribution in [0.3, 0.4) is 0 Å². The summed E-state index contributed by atoms with van der Waals surface area (Å²) in [4.78, 5) is 12.0. The largest absolute Gasteiger partial charge is 0.497 e. The number of methoxy groups -OCH3 is 1. The quantitative estimate of drug-likeness (QED) is 0.925. The maximum atomic E-state index is 12.0. The number of hydrogen-bond donors (Lipinski definition) is 1. The summed E-state index contributed by atoms with van der Waals surface area (Å²) in [5.74, 6) is 0.669. The van der Waals surface area contributed by atoms with Crippen LogP contribution in [0.2, 0.25) is 0 Å². The maximum Gasteiger partial charge on any atom is 0.251 e. The van der Waals surface area contributed by atoms with Gasteiger partial charge in [0.15, 0.2) is 0 Å². The second-order valence-corrected chi connectivity index (χ2v) is 4.91. The van der Waals surface area contributed by atoms with Crippen LogP contribution in [-0.2, 0) is 6.54 Å². The zero-order chi connectivity index (χ0) is 14.5. The van der Waals surface area contributed by atoms with Gasteiger partial charge in [0.25, 0.3) is 5.91 Å². The minimum absolute atomic E-state index is 0.0770. The molecule has 0 atom stereocenters. The average molecular weight is 269 g/mol. The fraction of sp³-hybridized carbons (Fsp3) is 0.235. The molecular weight excluding hydrogens is 250 g/mol. The highest BCUT2D eigenvalue weighted by molar-refractivity contribution is 5.94. The van der Waals surface area contributed by atoms with Crippen molar-refractivity contribution < 1.29 is 9.53 Å². The Kier molecular flexibility index (Phi) is 4.41. The van der Waals surface area contributed by atoms with Crippen LogP contribution >= 0.6 is 0 Å². The molecule has 2 rings (SSSR count). The summed E-state index contributed by atoms with van der Waals surface area (Å²) in [6.07, 6.45) is 0. The van der Waals surface area contributed by atoms with Gasteiger partial charge in [-0.3, -0.25) is 4.79 Å². The van der Waals surface area contributed by atoms with Crippen molar-refractivity contribution in [1.82, 2.24) is 5.32 Å². The highest BCUT2D eigenvalue weighted by Gasteiger charge is 2.05. The van der Waals surface area contributed by atoms with Gasteiger partial charge >= 0.3 is 0 Å². The predicted octanol–water partition coefficient (Wildman–Crippen LogP) is 3.24. The summed E-state index contributed by atoms with van der Waals surface area (Å²) in [6.45, 7) is 4.65. The molecule has 104 valence electrons. The van der Waals surface area contributed by atoms with Crippen molar-refractivity contribution in [2.75, 3.05) is 7.11 Å². The molecule has 20 heavy (non-hydrogen) atoms. The number of amides is 1. The van der Waals surface area contributed by atoms with Crippen LogP contribution in [0.5, 0.6) is 5.75 Å². The van der Waals surface area contributed by atoms with Crippen molar-refractivity contribution in [2.45, 2.75) is 20.4 Å². The molecule has 0 unspecified atom stereocenters. The van der Waals surface area contributed by atoms with Crippen LogP contribution in [-0.4, -0.2) is 13.0 Å². The fourth-order valence-electron chi connectivity index (χ4n) is 2.20. The molecule has 0 aliphatic rings. The Morgan fingerprint density at radius 2 is 1.65 bits per heavy atom. The van der Waals surface area contributed by atoms with Crippen LogP contribution in [0.15, 0.2) is 42.5 Å². The standard InChI is InChI=1S/C17H19NO2/c1-12-8-13(2)10-14(9-12)11-18-17(19)15-4-6-16(20-3)7-5-15/h4-10H,11H2,1-3H3,(H,18,19). The second kappa shape index (κ2) is 6.24. The van der Waals surface area contributed by atoms with E-state index in [1.165, 1.54) is 11.1 Å². The van der Waals surface area contributed by atoms with Crippen molar-refractivity contribution in [3.8, 4) is 5.75 Å². The number of ether oxygens (including phenoxy) is 1. The lowest BCUT2D eigenvalue weighted by Crippen LogP contribution is -2.22. The molecule has 1 amide bonds. The van der Waals surface area contributed by atoms with E-state index in [4.69, 9.17) is 4.74 Å². The van der Waals surface area contributed by atoms with Gasteiger partial charge < -0.3 is 10.1 Å². The first-order chi connectivity index (χ1) is 9.58. The van der Waals surface area contributed by atoms with Crippen LogP contribution in [0, 0.1) is 13.8 Å². The molecule has 0 aliphatic carbocycles. The minimum Gasteiger partial charge on any atom is -0.497 e. The summed E-state index contributed by atoms with van der Waals surface area (Å²) in [5.41, 5.74) is 4.16. The van der Waals surface area contributed by atoms with Crippen LogP contribution in [0.25, 0.3) is 0 Å². The molecule has 3 heteroatoms. The Hall–Kier alpha value is -2.29. The average Bonchev–Trinajstić information content (AvgIpc) is 2.44. The van der Waals surface area contributed by atoms with Gasteiger partial charge in [-0.05, 0) is 43.7 Å². The van der Waals surface area contributed by atoms with Crippen molar-refractivity contribution >= 4 is 5.91 Å². The summed E-state index contributed by atoms with van der Waals surface area (Å²) < 4.78 is 5.07. The number of benzene rings is 2. The molecule has 0 bridgehead atoms. The highest BCUT2D eigenvalue weighted by Crippen LogP contribution is 2.12. The molecule has 0 spiro atoms. The second-order valence-electron chi connectivity index (χ2n) is 4.91. The monoisotopic (exact) mass is 269 g/mol. The predicted molar refractivity (Wildman–Crippen MR) is 80.1 cm³/mol. The Balaban J connectivity index is 2.00. The summed E-state index contributed by atoms with van der Waals surface area (Å²) in [7, 11) is 1.61. The van der Waals surface area contributed by atoms with Gasteiger partial charge in [0.2, 0.25) is 0 Å². The number of carbonyl (C=O) groups is 1. The van der Waals surface area contributed by atoms with Gasteiger partial charge in [-0.25, -0.2) is 0 Å². The van der Waals surface area contributed by atoms with Gasteiger partial charge in [-0.15, -0.1) is 0 Å². The van der Waals surface area contributed by atoms with E-state index >= 15 is 0 Å². The van der Waals surface area contributed by atoms with Crippen LogP contribution in [0.1, 0.15) is 27.0 Å². The smallest absolute Gasteiger partial charge is 0.251 e. The third-order valence-corrected chi connectivity index (χ3v) is 3.09. The summed E-state index contributed by atoms with van der Waals surface area (Å²) >= 11 is 0. The lowest BCUT2D eigenvalue weighted by atomic mass is 10.1. The molecule has 2 aromatic carbocycles. The zero-order valence-corrected chi connectivity index (χ0v) is 12.1. The Morgan fingerprint density at radius 3 is 2.20 bits per heavy atom. The maximum absolute atomic E-state index is 12.0. The van der Waals surface area contributed by atoms with Gasteiger partial charge in [-0.2, -0.15) is 0 Å². The lowest BCUT2D eigenvalue weighted by Gasteiger charge is -2.08. The van der Waals surface area contributed by atoms with Crippen molar-refractivity contribution in [3.05, 3.63) is 64.7 Å². The molecule has 0 heterocycles. The molecule has 0 saturated heterocycles. The van der Waals surface area contributed by atoms with Gasteiger partial charge in [0.05, 0.1) is 7.11 Å². The van der Waals surface area contributed by atoms with E-state index in [9.17, 15) is 4.79 Å². The summed E-state index contributed by atoms with van der Waals surface area (Å²) in [5, 5.41) is 2.93. The van der Waals surface area contributed by atoms with E-state index < -0.39 is 0 Å². The van der Waals surface area contributed by atoms with E-state index in [0.29, 0.717) is 12.1 Å². The first-order valence-electron chi connectivity index (χ1n) is 6.58. The third kappa shape index (κ3) is 3.60. The Morgan fingerprint density at radius 1 is 1.05 bits per heavy atom. The minimum atomic E-state index is -0.0770. The molecule has 0 saturated carbocycles. The van der Waals surface area contributed by atoms with E-state index in [1.807, 2.05) is 0 Å². The first-order valence-corrected chi connectivity index (χ1v) is 6.58. The Bertz CT molecular complexity index is 583. The molecule has 3 nitrogen and oxygen atoms in total. The number of nitrogens with one attached hydrogen (secondary N) is 1. The molecular formula is C17H19NO2. The molecule has 2 aromatic rings.